The van der Waals surface area contributed by atoms with Crippen molar-refractivity contribution in [3.63, 3.8) is 0 Å². The molecule has 3 nitrogen and oxygen atoms in total. The summed E-state index contributed by atoms with van der Waals surface area (Å²) < 4.78 is 5.92. The minimum Gasteiger partial charge on any atom is -0.451 e. The normalized spacial score (nSPS) is 16.7. The summed E-state index contributed by atoms with van der Waals surface area (Å²) >= 11 is 12.1. The lowest BCUT2D eigenvalue weighted by Gasteiger charge is -2.37. The molecule has 0 bridgehead atoms. The summed E-state index contributed by atoms with van der Waals surface area (Å²) in [4.78, 5) is 12.5. The van der Waals surface area contributed by atoms with E-state index in [0.29, 0.717) is 15.6 Å². The molecule has 25 heavy (non-hydrogen) atoms. The van der Waals surface area contributed by atoms with Gasteiger partial charge in [-0.2, -0.15) is 0 Å². The van der Waals surface area contributed by atoms with Gasteiger partial charge in [0.25, 0.3) is 0 Å². The van der Waals surface area contributed by atoms with Gasteiger partial charge in [0.1, 0.15) is 5.60 Å². The fraction of sp³-hybridized carbons (Fsp3) is 0.250. The lowest BCUT2D eigenvalue weighted by Crippen LogP contribution is -2.42. The molecule has 3 rings (SSSR count). The van der Waals surface area contributed by atoms with Gasteiger partial charge in [0.15, 0.2) is 0 Å². The first kappa shape index (κ1) is 18.0. The van der Waals surface area contributed by atoms with Crippen molar-refractivity contribution in [2.45, 2.75) is 18.4 Å². The fourth-order valence-corrected chi connectivity index (χ4v) is 3.41. The van der Waals surface area contributed by atoms with Gasteiger partial charge in [-0.25, -0.2) is 4.79 Å². The van der Waals surface area contributed by atoms with Crippen molar-refractivity contribution < 1.29 is 9.53 Å². The minimum atomic E-state index is -0.591. The third-order valence-corrected chi connectivity index (χ3v) is 4.94. The molecule has 1 saturated heterocycles. The highest BCUT2D eigenvalue weighted by Gasteiger charge is 2.37. The van der Waals surface area contributed by atoms with E-state index in [-0.39, 0.29) is 5.97 Å². The zero-order valence-corrected chi connectivity index (χ0v) is 15.2. The summed E-state index contributed by atoms with van der Waals surface area (Å²) in [6, 6.07) is 15.0. The van der Waals surface area contributed by atoms with Crippen molar-refractivity contribution in [3.05, 3.63) is 75.8 Å². The lowest BCUT2D eigenvalue weighted by atomic mass is 9.85. The first-order valence-corrected chi connectivity index (χ1v) is 8.97. The van der Waals surface area contributed by atoms with Crippen molar-refractivity contribution >= 4 is 35.2 Å². The average Bonchev–Trinajstić information content (AvgIpc) is 2.64. The maximum absolute atomic E-state index is 12.5. The first-order chi connectivity index (χ1) is 12.1. The Kier molecular flexibility index (Phi) is 5.79. The standard InChI is InChI=1S/C20H19Cl2NO2/c21-17-7-8-18(22)15(14-17)6-9-19(24)25-20(10-12-23-13-11-20)16-4-2-1-3-5-16/h1-9,14,23H,10-13H2/b9-6+. The van der Waals surface area contributed by atoms with E-state index in [0.717, 1.165) is 31.5 Å². The van der Waals surface area contributed by atoms with Crippen LogP contribution in [0, 0.1) is 0 Å². The van der Waals surface area contributed by atoms with Crippen LogP contribution in [0.3, 0.4) is 0 Å². The van der Waals surface area contributed by atoms with Gasteiger partial charge in [-0.05, 0) is 48.5 Å². The Hall–Kier alpha value is -1.81. The van der Waals surface area contributed by atoms with E-state index in [1.165, 1.54) is 6.08 Å². The van der Waals surface area contributed by atoms with Crippen LogP contribution in [-0.4, -0.2) is 19.1 Å². The highest BCUT2D eigenvalue weighted by atomic mass is 35.5. The molecule has 5 heteroatoms. The third kappa shape index (κ3) is 4.43. The molecule has 1 heterocycles. The zero-order valence-electron chi connectivity index (χ0n) is 13.7. The molecule has 0 aliphatic carbocycles. The molecule has 1 fully saturated rings. The Bertz CT molecular complexity index is 769. The molecule has 1 aliphatic rings. The average molecular weight is 376 g/mol. The quantitative estimate of drug-likeness (QED) is 0.614. The molecule has 1 aliphatic heterocycles. The maximum atomic E-state index is 12.5. The van der Waals surface area contributed by atoms with Gasteiger partial charge in [-0.15, -0.1) is 0 Å². The van der Waals surface area contributed by atoms with Crippen molar-refractivity contribution in [1.29, 1.82) is 0 Å². The van der Waals surface area contributed by atoms with Crippen LogP contribution in [0.15, 0.2) is 54.6 Å². The zero-order chi connectivity index (χ0) is 17.7. The molecular formula is C20H19Cl2NO2. The molecule has 0 aromatic heterocycles. The van der Waals surface area contributed by atoms with Crippen molar-refractivity contribution in [2.75, 3.05) is 13.1 Å². The third-order valence-electron chi connectivity index (χ3n) is 4.36. The predicted octanol–water partition coefficient (Wildman–Crippen LogP) is 4.83. The van der Waals surface area contributed by atoms with Crippen LogP contribution in [0.25, 0.3) is 6.08 Å². The Morgan fingerprint density at radius 3 is 2.52 bits per heavy atom. The summed E-state index contributed by atoms with van der Waals surface area (Å²) in [5.74, 6) is -0.387. The Labute approximate surface area is 157 Å². The summed E-state index contributed by atoms with van der Waals surface area (Å²) in [6.07, 6.45) is 4.53. The minimum absolute atomic E-state index is 0.387. The van der Waals surface area contributed by atoms with Crippen LogP contribution < -0.4 is 5.32 Å². The van der Waals surface area contributed by atoms with E-state index in [2.05, 4.69) is 5.32 Å². The van der Waals surface area contributed by atoms with Gasteiger partial charge in [0.2, 0.25) is 0 Å². The number of piperidine rings is 1. The summed E-state index contributed by atoms with van der Waals surface area (Å²) in [7, 11) is 0. The van der Waals surface area contributed by atoms with Crippen LogP contribution >= 0.6 is 23.2 Å². The van der Waals surface area contributed by atoms with Gasteiger partial charge >= 0.3 is 5.97 Å². The highest BCUT2D eigenvalue weighted by Crippen LogP contribution is 2.35. The molecule has 0 radical (unpaired) electrons. The predicted molar refractivity (Wildman–Crippen MR) is 102 cm³/mol. The fourth-order valence-electron chi connectivity index (χ4n) is 3.05. The molecule has 2 aromatic rings. The first-order valence-electron chi connectivity index (χ1n) is 8.21. The number of ether oxygens (including phenoxy) is 1. The molecule has 2 aromatic carbocycles. The van der Waals surface area contributed by atoms with Crippen molar-refractivity contribution in [3.8, 4) is 0 Å². The number of hydrogen-bond acceptors (Lipinski definition) is 3. The number of carbonyl (C=O) groups excluding carboxylic acids is 1. The second-order valence-corrected chi connectivity index (χ2v) is 6.87. The molecule has 0 unspecified atom stereocenters. The Morgan fingerprint density at radius 2 is 1.80 bits per heavy atom. The lowest BCUT2D eigenvalue weighted by molar-refractivity contribution is -0.157. The van der Waals surface area contributed by atoms with Crippen molar-refractivity contribution in [2.24, 2.45) is 0 Å². The van der Waals surface area contributed by atoms with Gasteiger partial charge in [-0.3, -0.25) is 0 Å². The van der Waals surface area contributed by atoms with Gasteiger partial charge in [0, 0.05) is 29.0 Å². The van der Waals surface area contributed by atoms with Crippen LogP contribution in [0.2, 0.25) is 10.0 Å². The molecule has 1 N–H and O–H groups in total. The smallest absolute Gasteiger partial charge is 0.331 e. The topological polar surface area (TPSA) is 38.3 Å². The number of rotatable bonds is 4. The SMILES string of the molecule is O=C(/C=C/c1cc(Cl)ccc1Cl)OC1(c2ccccc2)CCNCC1. The monoisotopic (exact) mass is 375 g/mol. The van der Waals surface area contributed by atoms with Gasteiger partial charge in [0.05, 0.1) is 0 Å². The van der Waals surface area contributed by atoms with Crippen LogP contribution in [0.5, 0.6) is 0 Å². The molecular weight excluding hydrogens is 357 g/mol. The second-order valence-electron chi connectivity index (χ2n) is 6.03. The number of nitrogens with one attached hydrogen (secondary N) is 1. The second kappa shape index (κ2) is 8.05. The van der Waals surface area contributed by atoms with Gasteiger partial charge in [-0.1, -0.05) is 53.5 Å². The molecule has 0 amide bonds. The van der Waals surface area contributed by atoms with Crippen LogP contribution in [0.4, 0.5) is 0 Å². The molecule has 130 valence electrons. The van der Waals surface area contributed by atoms with Crippen LogP contribution in [0.1, 0.15) is 24.0 Å². The van der Waals surface area contributed by atoms with E-state index < -0.39 is 5.60 Å². The Morgan fingerprint density at radius 1 is 1.08 bits per heavy atom. The molecule has 0 atom stereocenters. The number of hydrogen-bond donors (Lipinski definition) is 1. The van der Waals surface area contributed by atoms with E-state index >= 15 is 0 Å². The van der Waals surface area contributed by atoms with E-state index in [9.17, 15) is 4.79 Å². The number of halogens is 2. The van der Waals surface area contributed by atoms with E-state index in [1.807, 2.05) is 30.3 Å². The number of carbonyl (C=O) groups is 1. The van der Waals surface area contributed by atoms with Gasteiger partial charge < -0.3 is 10.1 Å². The van der Waals surface area contributed by atoms with Crippen molar-refractivity contribution in [1.82, 2.24) is 5.32 Å². The van der Waals surface area contributed by atoms with E-state index in [4.69, 9.17) is 27.9 Å². The summed E-state index contributed by atoms with van der Waals surface area (Å²) in [6.45, 7) is 1.62. The maximum Gasteiger partial charge on any atom is 0.331 e. The van der Waals surface area contributed by atoms with E-state index in [1.54, 1.807) is 24.3 Å². The summed E-state index contributed by atoms with van der Waals surface area (Å²) in [5, 5.41) is 4.41. The number of benzene rings is 2. The number of esters is 1. The molecule has 0 saturated carbocycles. The summed E-state index contributed by atoms with van der Waals surface area (Å²) in [5.41, 5.74) is 1.12. The largest absolute Gasteiger partial charge is 0.451 e. The molecule has 0 spiro atoms. The van der Waals surface area contributed by atoms with Crippen LogP contribution in [-0.2, 0) is 15.1 Å². The highest BCUT2D eigenvalue weighted by molar-refractivity contribution is 6.34. The Balaban J connectivity index is 1.79.